The van der Waals surface area contributed by atoms with Gasteiger partial charge in [-0.25, -0.2) is 0 Å². The molecule has 0 saturated carbocycles. The average Bonchev–Trinajstić information content (AvgIpc) is 2.99. The van der Waals surface area contributed by atoms with E-state index in [4.69, 9.17) is 16.3 Å². The number of amides is 1. The number of para-hydroxylation sites is 1. The number of rotatable bonds is 7. The van der Waals surface area contributed by atoms with E-state index in [-0.39, 0.29) is 18.3 Å². The fourth-order valence-corrected chi connectivity index (χ4v) is 2.67. The molecule has 2 N–H and O–H groups in total. The van der Waals surface area contributed by atoms with E-state index < -0.39 is 6.10 Å². The molecule has 1 saturated heterocycles. The smallest absolute Gasteiger partial charge is 0.261 e. The van der Waals surface area contributed by atoms with E-state index in [1.165, 1.54) is 6.42 Å². The number of ether oxygens (including phenoxy) is 1. The molecule has 0 aliphatic carbocycles. The quantitative estimate of drug-likeness (QED) is 0.797. The number of hydrogen-bond acceptors (Lipinski definition) is 3. The molecule has 124 valence electrons. The number of hydrogen-bond donors (Lipinski definition) is 2. The van der Waals surface area contributed by atoms with Crippen molar-refractivity contribution in [1.82, 2.24) is 10.6 Å². The topological polar surface area (TPSA) is 50.4 Å². The van der Waals surface area contributed by atoms with Gasteiger partial charge in [-0.1, -0.05) is 30.7 Å². The zero-order chi connectivity index (χ0) is 15.1. The lowest BCUT2D eigenvalue weighted by atomic mass is 10.1. The van der Waals surface area contributed by atoms with E-state index in [1.807, 2.05) is 19.1 Å². The summed E-state index contributed by atoms with van der Waals surface area (Å²) in [7, 11) is 0. The van der Waals surface area contributed by atoms with E-state index >= 15 is 0 Å². The van der Waals surface area contributed by atoms with Crippen molar-refractivity contribution in [1.29, 1.82) is 0 Å². The molecular formula is C16H24Cl2N2O2. The lowest BCUT2D eigenvalue weighted by Gasteiger charge is -2.18. The summed E-state index contributed by atoms with van der Waals surface area (Å²) < 4.78 is 5.72. The fourth-order valence-electron chi connectivity index (χ4n) is 2.49. The number of carbonyl (C=O) groups is 1. The molecule has 2 rings (SSSR count). The lowest BCUT2D eigenvalue weighted by molar-refractivity contribution is -0.128. The molecule has 1 aliphatic heterocycles. The standard InChI is InChI=1S/C16H23ClN2O2.ClH/c1-2-14(21-15-6-4-3-5-13(15)17)16(20)19-10-8-12-7-9-18-11-12;/h3-6,12,14,18H,2,7-11H2,1H3,(H,19,20);1H. The van der Waals surface area contributed by atoms with Gasteiger partial charge in [0.2, 0.25) is 0 Å². The first kappa shape index (κ1) is 19.1. The van der Waals surface area contributed by atoms with Crippen molar-refractivity contribution in [3.8, 4) is 5.75 Å². The molecule has 0 spiro atoms. The molecule has 22 heavy (non-hydrogen) atoms. The van der Waals surface area contributed by atoms with Crippen LogP contribution in [0.15, 0.2) is 24.3 Å². The highest BCUT2D eigenvalue weighted by Gasteiger charge is 2.20. The van der Waals surface area contributed by atoms with Gasteiger partial charge in [0.25, 0.3) is 5.91 Å². The van der Waals surface area contributed by atoms with E-state index in [2.05, 4.69) is 10.6 Å². The van der Waals surface area contributed by atoms with Gasteiger partial charge in [-0.05, 0) is 50.4 Å². The molecule has 1 heterocycles. The molecule has 0 radical (unpaired) electrons. The summed E-state index contributed by atoms with van der Waals surface area (Å²) in [6.07, 6.45) is 2.33. The van der Waals surface area contributed by atoms with Crippen LogP contribution in [0.4, 0.5) is 0 Å². The van der Waals surface area contributed by atoms with Crippen LogP contribution >= 0.6 is 24.0 Å². The maximum atomic E-state index is 12.2. The molecule has 1 aliphatic rings. The van der Waals surface area contributed by atoms with Crippen molar-refractivity contribution in [3.63, 3.8) is 0 Å². The Kier molecular flexibility index (Phi) is 8.61. The van der Waals surface area contributed by atoms with Gasteiger partial charge in [0.15, 0.2) is 6.10 Å². The molecule has 1 fully saturated rings. The van der Waals surface area contributed by atoms with Crippen molar-refractivity contribution in [3.05, 3.63) is 29.3 Å². The monoisotopic (exact) mass is 346 g/mol. The van der Waals surface area contributed by atoms with Crippen LogP contribution < -0.4 is 15.4 Å². The van der Waals surface area contributed by atoms with Crippen molar-refractivity contribution in [2.24, 2.45) is 5.92 Å². The molecule has 1 amide bonds. The predicted molar refractivity (Wildman–Crippen MR) is 92.0 cm³/mol. The summed E-state index contributed by atoms with van der Waals surface area (Å²) >= 11 is 6.06. The van der Waals surface area contributed by atoms with E-state index in [9.17, 15) is 4.79 Å². The van der Waals surface area contributed by atoms with Crippen molar-refractivity contribution < 1.29 is 9.53 Å². The summed E-state index contributed by atoms with van der Waals surface area (Å²) in [6, 6.07) is 7.22. The summed E-state index contributed by atoms with van der Waals surface area (Å²) in [4.78, 5) is 12.2. The summed E-state index contributed by atoms with van der Waals surface area (Å²) in [6.45, 7) is 4.78. The first-order chi connectivity index (χ1) is 10.2. The van der Waals surface area contributed by atoms with Crippen LogP contribution in [-0.2, 0) is 4.79 Å². The van der Waals surface area contributed by atoms with E-state index in [0.717, 1.165) is 19.5 Å². The van der Waals surface area contributed by atoms with Crippen LogP contribution in [0.25, 0.3) is 0 Å². The van der Waals surface area contributed by atoms with Crippen molar-refractivity contribution >= 4 is 29.9 Å². The normalized spacial score (nSPS) is 18.4. The fraction of sp³-hybridized carbons (Fsp3) is 0.562. The molecule has 1 aromatic rings. The first-order valence-electron chi connectivity index (χ1n) is 7.60. The molecule has 0 bridgehead atoms. The highest BCUT2D eigenvalue weighted by Crippen LogP contribution is 2.24. The molecule has 2 atom stereocenters. The third-order valence-corrected chi connectivity index (χ3v) is 4.10. The number of carbonyl (C=O) groups excluding carboxylic acids is 1. The zero-order valence-electron chi connectivity index (χ0n) is 12.8. The second kappa shape index (κ2) is 9.93. The SMILES string of the molecule is CCC(Oc1ccccc1Cl)C(=O)NCCC1CCNC1.Cl. The summed E-state index contributed by atoms with van der Waals surface area (Å²) in [5.74, 6) is 1.17. The van der Waals surface area contributed by atoms with Crippen LogP contribution in [0.2, 0.25) is 5.02 Å². The Morgan fingerprint density at radius 2 is 2.27 bits per heavy atom. The van der Waals surface area contributed by atoms with Gasteiger partial charge in [0.05, 0.1) is 5.02 Å². The number of benzene rings is 1. The second-order valence-electron chi connectivity index (χ2n) is 5.38. The van der Waals surface area contributed by atoms with Crippen molar-refractivity contribution in [2.75, 3.05) is 19.6 Å². The maximum absolute atomic E-state index is 12.2. The average molecular weight is 347 g/mol. The maximum Gasteiger partial charge on any atom is 0.261 e. The van der Waals surface area contributed by atoms with Crippen LogP contribution in [0.5, 0.6) is 5.75 Å². The van der Waals surface area contributed by atoms with Crippen molar-refractivity contribution in [2.45, 2.75) is 32.3 Å². The molecule has 0 aromatic heterocycles. The molecule has 2 unspecified atom stereocenters. The highest BCUT2D eigenvalue weighted by atomic mass is 35.5. The molecular weight excluding hydrogens is 323 g/mol. The second-order valence-corrected chi connectivity index (χ2v) is 5.79. The minimum Gasteiger partial charge on any atom is -0.479 e. The van der Waals surface area contributed by atoms with Crippen LogP contribution in [0.1, 0.15) is 26.2 Å². The lowest BCUT2D eigenvalue weighted by Crippen LogP contribution is -2.39. The van der Waals surface area contributed by atoms with Gasteiger partial charge in [0, 0.05) is 6.54 Å². The van der Waals surface area contributed by atoms with Gasteiger partial charge < -0.3 is 15.4 Å². The number of halogens is 2. The number of nitrogens with one attached hydrogen (secondary N) is 2. The third kappa shape index (κ3) is 5.67. The molecule has 4 nitrogen and oxygen atoms in total. The van der Waals surface area contributed by atoms with Gasteiger partial charge in [-0.15, -0.1) is 12.4 Å². The van der Waals surface area contributed by atoms with Gasteiger partial charge >= 0.3 is 0 Å². The predicted octanol–water partition coefficient (Wildman–Crippen LogP) is 3.04. The summed E-state index contributed by atoms with van der Waals surface area (Å²) in [5.41, 5.74) is 0. The Morgan fingerprint density at radius 3 is 2.91 bits per heavy atom. The Labute approximate surface area is 143 Å². The molecule has 6 heteroatoms. The first-order valence-corrected chi connectivity index (χ1v) is 7.98. The zero-order valence-corrected chi connectivity index (χ0v) is 14.4. The third-order valence-electron chi connectivity index (χ3n) is 3.78. The van der Waals surface area contributed by atoms with E-state index in [1.54, 1.807) is 12.1 Å². The van der Waals surface area contributed by atoms with Gasteiger partial charge in [-0.3, -0.25) is 4.79 Å². The van der Waals surface area contributed by atoms with E-state index in [0.29, 0.717) is 29.7 Å². The Bertz CT molecular complexity index is 465. The minimum atomic E-state index is -0.494. The Balaban J connectivity index is 0.00000242. The van der Waals surface area contributed by atoms with Crippen LogP contribution in [0.3, 0.4) is 0 Å². The highest BCUT2D eigenvalue weighted by molar-refractivity contribution is 6.32. The summed E-state index contributed by atoms with van der Waals surface area (Å²) in [5, 5.41) is 6.83. The Hall–Kier alpha value is -0.970. The van der Waals surface area contributed by atoms with Gasteiger partial charge in [0.1, 0.15) is 5.75 Å². The largest absolute Gasteiger partial charge is 0.479 e. The van der Waals surface area contributed by atoms with Crippen LogP contribution in [0, 0.1) is 5.92 Å². The Morgan fingerprint density at radius 1 is 1.50 bits per heavy atom. The van der Waals surface area contributed by atoms with Gasteiger partial charge in [-0.2, -0.15) is 0 Å². The minimum absolute atomic E-state index is 0. The van der Waals surface area contributed by atoms with Crippen LogP contribution in [-0.4, -0.2) is 31.6 Å². The molecule has 1 aromatic carbocycles.